The summed E-state index contributed by atoms with van der Waals surface area (Å²) in [6, 6.07) is 52.5. The van der Waals surface area contributed by atoms with Gasteiger partial charge in [-0.2, -0.15) is 0 Å². The van der Waals surface area contributed by atoms with E-state index in [1.165, 1.54) is 66.1 Å². The van der Waals surface area contributed by atoms with Crippen LogP contribution in [0.1, 0.15) is 83.1 Å². The lowest BCUT2D eigenvalue weighted by atomic mass is 10.0. The fourth-order valence-corrected chi connectivity index (χ4v) is 6.05. The first kappa shape index (κ1) is 41.1. The molecule has 2 nitrogen and oxygen atoms in total. The summed E-state index contributed by atoms with van der Waals surface area (Å²) in [5.74, 6) is 0. The molecule has 0 amide bonds. The molecule has 8 aromatic rings. The van der Waals surface area contributed by atoms with Crippen molar-refractivity contribution in [1.29, 1.82) is 0 Å². The Balaban J connectivity index is 0.000000659. The van der Waals surface area contributed by atoms with E-state index in [0.29, 0.717) is 0 Å². The number of fused-ring (bicyclic) bond motifs is 6. The van der Waals surface area contributed by atoms with Crippen LogP contribution in [0.2, 0.25) is 0 Å². The largest absolute Gasteiger partial charge is 0.309 e. The van der Waals surface area contributed by atoms with Gasteiger partial charge in [-0.25, -0.2) is 0 Å². The summed E-state index contributed by atoms with van der Waals surface area (Å²) in [7, 11) is 0. The summed E-state index contributed by atoms with van der Waals surface area (Å²) < 4.78 is 4.76. The van der Waals surface area contributed by atoms with Gasteiger partial charge in [0.2, 0.25) is 0 Å². The molecule has 6 aromatic carbocycles. The lowest BCUT2D eigenvalue weighted by molar-refractivity contribution is 1.17. The lowest BCUT2D eigenvalue weighted by Gasteiger charge is -2.12. The number of nitrogens with zero attached hydrogens (tertiary/aromatic N) is 2. The van der Waals surface area contributed by atoms with Crippen LogP contribution < -0.4 is 0 Å². The SMILES string of the molecule is CC.CC.CC.CC.CC.CC.c1cc(-c2cccc(-n3c4ccccc4c4ccccc43)c2)cc(-n2c3ccccc3c3ccccc32)c1. The molecule has 0 spiro atoms. The third kappa shape index (κ3) is 8.37. The minimum Gasteiger partial charge on any atom is -0.309 e. The van der Waals surface area contributed by atoms with Crippen molar-refractivity contribution in [3.63, 3.8) is 0 Å². The Hall–Kier alpha value is -5.08. The summed E-state index contributed by atoms with van der Waals surface area (Å²) in [6.45, 7) is 24.0. The van der Waals surface area contributed by atoms with E-state index in [4.69, 9.17) is 0 Å². The van der Waals surface area contributed by atoms with E-state index in [1.807, 2.05) is 83.1 Å². The van der Waals surface area contributed by atoms with Gasteiger partial charge in [0.25, 0.3) is 0 Å². The molecule has 0 aliphatic rings. The van der Waals surface area contributed by atoms with Crippen LogP contribution in [0.4, 0.5) is 0 Å². The normalized spacial score (nSPS) is 9.60. The van der Waals surface area contributed by atoms with Crippen molar-refractivity contribution in [2.75, 3.05) is 0 Å². The molecule has 0 saturated carbocycles. The monoisotopic (exact) mass is 664 g/mol. The standard InChI is InChI=1S/C36H24N2.6C2H6/c1-5-19-33-29(15-1)30-16-2-6-20-34(30)37(33)27-13-9-11-25(23-27)26-12-10-14-28(24-26)38-35-21-7-3-17-31(35)32-18-4-8-22-36(32)38;6*1-2/h1-24H;6*1-2H3. The zero-order valence-corrected chi connectivity index (χ0v) is 32.8. The van der Waals surface area contributed by atoms with Crippen molar-refractivity contribution in [3.05, 3.63) is 146 Å². The number of hydrogen-bond acceptors (Lipinski definition) is 0. The quantitative estimate of drug-likeness (QED) is 0.178. The van der Waals surface area contributed by atoms with Crippen LogP contribution in [0.15, 0.2) is 146 Å². The number of benzene rings is 6. The molecule has 2 aromatic heterocycles. The van der Waals surface area contributed by atoms with Crippen LogP contribution in [0.5, 0.6) is 0 Å². The minimum atomic E-state index is 1.17. The van der Waals surface area contributed by atoms with E-state index >= 15 is 0 Å². The van der Waals surface area contributed by atoms with Crippen molar-refractivity contribution in [2.24, 2.45) is 0 Å². The van der Waals surface area contributed by atoms with E-state index in [0.717, 1.165) is 0 Å². The van der Waals surface area contributed by atoms with E-state index in [9.17, 15) is 0 Å². The van der Waals surface area contributed by atoms with Gasteiger partial charge < -0.3 is 9.13 Å². The second-order valence-electron chi connectivity index (χ2n) is 9.84. The molecule has 0 bridgehead atoms. The van der Waals surface area contributed by atoms with Crippen LogP contribution in [0, 0.1) is 0 Å². The second kappa shape index (κ2) is 21.8. The summed E-state index contributed by atoms with van der Waals surface area (Å²) in [6.07, 6.45) is 0. The maximum Gasteiger partial charge on any atom is 0.0541 e. The fraction of sp³-hybridized carbons (Fsp3) is 0.250. The predicted molar refractivity (Wildman–Crippen MR) is 229 cm³/mol. The molecule has 0 unspecified atom stereocenters. The highest BCUT2D eigenvalue weighted by molar-refractivity contribution is 6.10. The van der Waals surface area contributed by atoms with E-state index in [2.05, 4.69) is 155 Å². The number of aromatic nitrogens is 2. The Bertz CT molecular complexity index is 1880. The highest BCUT2D eigenvalue weighted by Gasteiger charge is 2.14. The molecule has 0 aliphatic carbocycles. The van der Waals surface area contributed by atoms with Gasteiger partial charge in [-0.3, -0.25) is 0 Å². The van der Waals surface area contributed by atoms with E-state index in [-0.39, 0.29) is 0 Å². The van der Waals surface area contributed by atoms with E-state index in [1.54, 1.807) is 0 Å². The molecular formula is C48H60N2. The lowest BCUT2D eigenvalue weighted by Crippen LogP contribution is -1.95. The smallest absolute Gasteiger partial charge is 0.0541 e. The Morgan fingerprint density at radius 3 is 0.760 bits per heavy atom. The summed E-state index contributed by atoms with van der Waals surface area (Å²) in [4.78, 5) is 0. The highest BCUT2D eigenvalue weighted by Crippen LogP contribution is 2.35. The predicted octanol–water partition coefficient (Wildman–Crippen LogP) is 15.7. The van der Waals surface area contributed by atoms with Gasteiger partial charge in [-0.15, -0.1) is 0 Å². The molecule has 262 valence electrons. The number of hydrogen-bond donors (Lipinski definition) is 0. The van der Waals surface area contributed by atoms with Crippen LogP contribution in [0.25, 0.3) is 66.1 Å². The van der Waals surface area contributed by atoms with Crippen LogP contribution in [-0.2, 0) is 0 Å². The minimum absolute atomic E-state index is 1.17. The first-order chi connectivity index (χ1) is 24.9. The average molecular weight is 665 g/mol. The third-order valence-electron chi connectivity index (χ3n) is 7.70. The summed E-state index contributed by atoms with van der Waals surface area (Å²) >= 11 is 0. The molecule has 8 rings (SSSR count). The van der Waals surface area contributed by atoms with Gasteiger partial charge in [-0.05, 0) is 59.7 Å². The summed E-state index contributed by atoms with van der Waals surface area (Å²) in [5.41, 5.74) is 9.65. The molecular weight excluding hydrogens is 605 g/mol. The summed E-state index contributed by atoms with van der Waals surface area (Å²) in [5, 5.41) is 5.12. The van der Waals surface area contributed by atoms with Crippen molar-refractivity contribution in [1.82, 2.24) is 9.13 Å². The fourth-order valence-electron chi connectivity index (χ4n) is 6.05. The number of para-hydroxylation sites is 4. The first-order valence-electron chi connectivity index (χ1n) is 19.0. The first-order valence-corrected chi connectivity index (χ1v) is 19.0. The Kier molecular flexibility index (Phi) is 17.9. The second-order valence-corrected chi connectivity index (χ2v) is 9.84. The Morgan fingerprint density at radius 2 is 0.500 bits per heavy atom. The average Bonchev–Trinajstić information content (AvgIpc) is 3.76. The Labute approximate surface area is 303 Å². The van der Waals surface area contributed by atoms with Crippen molar-refractivity contribution in [2.45, 2.75) is 83.1 Å². The van der Waals surface area contributed by atoms with Crippen LogP contribution >= 0.6 is 0 Å². The third-order valence-corrected chi connectivity index (χ3v) is 7.70. The molecule has 0 atom stereocenters. The zero-order valence-electron chi connectivity index (χ0n) is 32.8. The van der Waals surface area contributed by atoms with E-state index < -0.39 is 0 Å². The Morgan fingerprint density at radius 1 is 0.260 bits per heavy atom. The van der Waals surface area contributed by atoms with Crippen molar-refractivity contribution >= 4 is 43.6 Å². The van der Waals surface area contributed by atoms with Gasteiger partial charge in [-0.1, -0.05) is 180 Å². The molecule has 2 heteroatoms. The number of rotatable bonds is 3. The van der Waals surface area contributed by atoms with Crippen LogP contribution in [-0.4, -0.2) is 9.13 Å². The van der Waals surface area contributed by atoms with Crippen molar-refractivity contribution < 1.29 is 0 Å². The van der Waals surface area contributed by atoms with Gasteiger partial charge in [0.1, 0.15) is 0 Å². The maximum absolute atomic E-state index is 2.38. The topological polar surface area (TPSA) is 9.86 Å². The molecule has 0 fully saturated rings. The molecule has 0 radical (unpaired) electrons. The zero-order chi connectivity index (χ0) is 37.1. The van der Waals surface area contributed by atoms with Gasteiger partial charge >= 0.3 is 0 Å². The van der Waals surface area contributed by atoms with Crippen molar-refractivity contribution in [3.8, 4) is 22.5 Å². The maximum atomic E-state index is 2.38. The highest BCUT2D eigenvalue weighted by atomic mass is 15.0. The molecule has 2 heterocycles. The van der Waals surface area contributed by atoms with Gasteiger partial charge in [0.15, 0.2) is 0 Å². The van der Waals surface area contributed by atoms with Gasteiger partial charge in [0, 0.05) is 32.9 Å². The molecule has 0 aliphatic heterocycles. The molecule has 0 N–H and O–H groups in total. The molecule has 0 saturated heterocycles. The van der Waals surface area contributed by atoms with Crippen LogP contribution in [0.3, 0.4) is 0 Å². The molecule has 50 heavy (non-hydrogen) atoms. The van der Waals surface area contributed by atoms with Gasteiger partial charge in [0.05, 0.1) is 22.1 Å².